The van der Waals surface area contributed by atoms with E-state index in [9.17, 15) is 9.59 Å². The normalized spacial score (nSPS) is 11.5. The molecular formula is C22H22N2O4. The van der Waals surface area contributed by atoms with Crippen molar-refractivity contribution in [2.75, 3.05) is 5.32 Å². The molecule has 1 unspecified atom stereocenters. The number of nitrogens with one attached hydrogen (secondary N) is 2. The van der Waals surface area contributed by atoms with Crippen LogP contribution < -0.4 is 15.4 Å². The fourth-order valence-electron chi connectivity index (χ4n) is 2.76. The molecule has 28 heavy (non-hydrogen) atoms. The standard InChI is InChI=1S/C22H22N2O4/c1-15(17-7-6-8-19(13-17)24-16(2)25)23-22(26)21-18(11-12-27-21)14-28-20-9-4-3-5-10-20/h3-13,15H,14H2,1-2H3,(H,23,26)(H,24,25). The molecule has 144 valence electrons. The van der Waals surface area contributed by atoms with Crippen molar-refractivity contribution in [3.63, 3.8) is 0 Å². The molecule has 0 saturated carbocycles. The van der Waals surface area contributed by atoms with Gasteiger partial charge in [0.15, 0.2) is 5.76 Å². The third-order valence-corrected chi connectivity index (χ3v) is 4.15. The zero-order valence-electron chi connectivity index (χ0n) is 15.8. The smallest absolute Gasteiger partial charge is 0.287 e. The number of rotatable bonds is 7. The van der Waals surface area contributed by atoms with Crippen LogP contribution in [0.4, 0.5) is 5.69 Å². The molecule has 0 aliphatic heterocycles. The lowest BCUT2D eigenvalue weighted by Gasteiger charge is -2.15. The molecule has 0 bridgehead atoms. The molecule has 0 radical (unpaired) electrons. The summed E-state index contributed by atoms with van der Waals surface area (Å²) >= 11 is 0. The van der Waals surface area contributed by atoms with E-state index >= 15 is 0 Å². The van der Waals surface area contributed by atoms with Gasteiger partial charge in [0, 0.05) is 18.2 Å². The third kappa shape index (κ3) is 5.01. The first-order chi connectivity index (χ1) is 13.5. The number of carbonyl (C=O) groups excluding carboxylic acids is 2. The van der Waals surface area contributed by atoms with Crippen LogP contribution in [-0.4, -0.2) is 11.8 Å². The highest BCUT2D eigenvalue weighted by Crippen LogP contribution is 2.20. The minimum atomic E-state index is -0.325. The summed E-state index contributed by atoms with van der Waals surface area (Å²) in [6, 6.07) is 18.2. The van der Waals surface area contributed by atoms with Gasteiger partial charge in [0.05, 0.1) is 12.3 Å². The van der Waals surface area contributed by atoms with Crippen molar-refractivity contribution in [3.05, 3.63) is 83.8 Å². The molecule has 3 aromatic rings. The van der Waals surface area contributed by atoms with Crippen LogP contribution in [0.3, 0.4) is 0 Å². The molecule has 6 nitrogen and oxygen atoms in total. The Balaban J connectivity index is 1.65. The molecule has 1 aromatic heterocycles. The van der Waals surface area contributed by atoms with E-state index in [1.807, 2.05) is 55.5 Å². The molecule has 0 spiro atoms. The van der Waals surface area contributed by atoms with Crippen LogP contribution in [0.5, 0.6) is 5.75 Å². The lowest BCUT2D eigenvalue weighted by molar-refractivity contribution is -0.114. The Labute approximate surface area is 163 Å². The van der Waals surface area contributed by atoms with E-state index < -0.39 is 0 Å². The van der Waals surface area contributed by atoms with Crippen LogP contribution in [0.25, 0.3) is 0 Å². The number of amides is 2. The van der Waals surface area contributed by atoms with Crippen molar-refractivity contribution in [2.24, 2.45) is 0 Å². The quantitative estimate of drug-likeness (QED) is 0.642. The molecule has 0 aliphatic carbocycles. The van der Waals surface area contributed by atoms with Crippen LogP contribution in [-0.2, 0) is 11.4 Å². The summed E-state index contributed by atoms with van der Waals surface area (Å²) in [5.41, 5.74) is 2.22. The molecule has 3 rings (SSSR count). The molecule has 2 amide bonds. The molecular weight excluding hydrogens is 356 g/mol. The first kappa shape index (κ1) is 19.2. The highest BCUT2D eigenvalue weighted by Gasteiger charge is 2.19. The highest BCUT2D eigenvalue weighted by atomic mass is 16.5. The summed E-state index contributed by atoms with van der Waals surface area (Å²) in [6.07, 6.45) is 1.47. The average Bonchev–Trinajstić information content (AvgIpc) is 3.15. The number of benzene rings is 2. The second-order valence-electron chi connectivity index (χ2n) is 6.38. The monoisotopic (exact) mass is 378 g/mol. The van der Waals surface area contributed by atoms with Crippen LogP contribution in [0.1, 0.15) is 41.6 Å². The topological polar surface area (TPSA) is 80.6 Å². The fourth-order valence-corrected chi connectivity index (χ4v) is 2.76. The van der Waals surface area contributed by atoms with Gasteiger partial charge in [0.2, 0.25) is 5.91 Å². The molecule has 1 atom stereocenters. The van der Waals surface area contributed by atoms with Gasteiger partial charge in [0.25, 0.3) is 5.91 Å². The number of para-hydroxylation sites is 1. The summed E-state index contributed by atoms with van der Waals surface area (Å²) in [5, 5.41) is 5.65. The maximum Gasteiger partial charge on any atom is 0.287 e. The van der Waals surface area contributed by atoms with Crippen molar-refractivity contribution >= 4 is 17.5 Å². The number of furan rings is 1. The van der Waals surface area contributed by atoms with Gasteiger partial charge in [-0.15, -0.1) is 0 Å². The van der Waals surface area contributed by atoms with E-state index in [4.69, 9.17) is 9.15 Å². The van der Waals surface area contributed by atoms with Gasteiger partial charge in [-0.05, 0) is 42.8 Å². The fraction of sp³-hybridized carbons (Fsp3) is 0.182. The van der Waals surface area contributed by atoms with Gasteiger partial charge in [-0.2, -0.15) is 0 Å². The molecule has 6 heteroatoms. The third-order valence-electron chi connectivity index (χ3n) is 4.15. The van der Waals surface area contributed by atoms with Crippen molar-refractivity contribution in [2.45, 2.75) is 26.5 Å². The number of carbonyl (C=O) groups is 2. The number of anilines is 1. The average molecular weight is 378 g/mol. The predicted octanol–water partition coefficient (Wildman–Crippen LogP) is 4.31. The van der Waals surface area contributed by atoms with Gasteiger partial charge in [-0.25, -0.2) is 0 Å². The maximum atomic E-state index is 12.7. The van der Waals surface area contributed by atoms with E-state index in [2.05, 4.69) is 10.6 Å². The molecule has 0 saturated heterocycles. The summed E-state index contributed by atoms with van der Waals surface area (Å²) in [6.45, 7) is 3.55. The summed E-state index contributed by atoms with van der Waals surface area (Å²) in [7, 11) is 0. The molecule has 0 aliphatic rings. The first-order valence-electron chi connectivity index (χ1n) is 8.95. The van der Waals surface area contributed by atoms with Gasteiger partial charge in [0.1, 0.15) is 12.4 Å². The molecule has 2 N–H and O–H groups in total. The van der Waals surface area contributed by atoms with Gasteiger partial charge < -0.3 is 19.8 Å². The van der Waals surface area contributed by atoms with Crippen molar-refractivity contribution in [1.29, 1.82) is 0 Å². The minimum absolute atomic E-state index is 0.146. The predicted molar refractivity (Wildman–Crippen MR) is 106 cm³/mol. The lowest BCUT2D eigenvalue weighted by Crippen LogP contribution is -2.27. The Kier molecular flexibility index (Phi) is 6.11. The zero-order chi connectivity index (χ0) is 19.9. The molecule has 0 fully saturated rings. The van der Waals surface area contributed by atoms with Crippen molar-refractivity contribution in [1.82, 2.24) is 5.32 Å². The minimum Gasteiger partial charge on any atom is -0.489 e. The number of hydrogen-bond acceptors (Lipinski definition) is 4. The van der Waals surface area contributed by atoms with E-state index in [0.717, 1.165) is 11.3 Å². The van der Waals surface area contributed by atoms with E-state index in [-0.39, 0.29) is 30.2 Å². The van der Waals surface area contributed by atoms with E-state index in [1.165, 1.54) is 13.2 Å². The summed E-state index contributed by atoms with van der Waals surface area (Å²) in [4.78, 5) is 23.9. The highest BCUT2D eigenvalue weighted by molar-refractivity contribution is 5.93. The summed E-state index contributed by atoms with van der Waals surface area (Å²) in [5.74, 6) is 0.473. The summed E-state index contributed by atoms with van der Waals surface area (Å²) < 4.78 is 11.1. The Hall–Kier alpha value is -3.54. The van der Waals surface area contributed by atoms with Crippen molar-refractivity contribution < 1.29 is 18.7 Å². The second kappa shape index (κ2) is 8.90. The maximum absolute atomic E-state index is 12.7. The number of ether oxygens (including phenoxy) is 1. The van der Waals surface area contributed by atoms with Gasteiger partial charge >= 0.3 is 0 Å². The van der Waals surface area contributed by atoms with Crippen LogP contribution in [0.2, 0.25) is 0 Å². The van der Waals surface area contributed by atoms with Gasteiger partial charge in [-0.1, -0.05) is 30.3 Å². The van der Waals surface area contributed by atoms with Crippen LogP contribution in [0, 0.1) is 0 Å². The molecule has 2 aromatic carbocycles. The van der Waals surface area contributed by atoms with Crippen LogP contribution in [0.15, 0.2) is 71.3 Å². The number of hydrogen-bond donors (Lipinski definition) is 2. The Morgan fingerprint density at radius 1 is 1.07 bits per heavy atom. The zero-order valence-corrected chi connectivity index (χ0v) is 15.8. The first-order valence-corrected chi connectivity index (χ1v) is 8.95. The lowest BCUT2D eigenvalue weighted by atomic mass is 10.1. The van der Waals surface area contributed by atoms with E-state index in [0.29, 0.717) is 11.3 Å². The Bertz CT molecular complexity index is 950. The van der Waals surface area contributed by atoms with Crippen LogP contribution >= 0.6 is 0 Å². The van der Waals surface area contributed by atoms with Gasteiger partial charge in [-0.3, -0.25) is 9.59 Å². The van der Waals surface area contributed by atoms with E-state index in [1.54, 1.807) is 12.1 Å². The SMILES string of the molecule is CC(=O)Nc1cccc(C(C)NC(=O)c2occc2COc2ccccc2)c1. The largest absolute Gasteiger partial charge is 0.489 e. The van der Waals surface area contributed by atoms with Crippen molar-refractivity contribution in [3.8, 4) is 5.75 Å². The Morgan fingerprint density at radius 2 is 1.86 bits per heavy atom. The molecule has 1 heterocycles. The Morgan fingerprint density at radius 3 is 2.61 bits per heavy atom. The second-order valence-corrected chi connectivity index (χ2v) is 6.38.